The fourth-order valence-electron chi connectivity index (χ4n) is 2.65. The third-order valence-electron chi connectivity index (χ3n) is 4.07. The molecule has 114 valence electrons. The van der Waals surface area contributed by atoms with Gasteiger partial charge in [0.2, 0.25) is 0 Å². The molecule has 0 bridgehead atoms. The van der Waals surface area contributed by atoms with Crippen LogP contribution < -0.4 is 15.4 Å². The summed E-state index contributed by atoms with van der Waals surface area (Å²) in [5, 5.41) is 5.90. The summed E-state index contributed by atoms with van der Waals surface area (Å²) in [7, 11) is 0. The van der Waals surface area contributed by atoms with E-state index in [4.69, 9.17) is 4.74 Å². The number of aryl methyl sites for hydroxylation is 1. The Balaban J connectivity index is 1.62. The first kappa shape index (κ1) is 14.4. The van der Waals surface area contributed by atoms with Crippen molar-refractivity contribution < 1.29 is 9.53 Å². The quantitative estimate of drug-likeness (QED) is 0.892. The molecule has 1 atom stereocenters. The summed E-state index contributed by atoms with van der Waals surface area (Å²) in [5.74, 6) is 0.912. The zero-order chi connectivity index (χ0) is 15.5. The second-order valence-electron chi connectivity index (χ2n) is 5.67. The van der Waals surface area contributed by atoms with Gasteiger partial charge in [-0.3, -0.25) is 0 Å². The Morgan fingerprint density at radius 1 is 1.14 bits per heavy atom. The number of carbonyl (C=O) groups is 1. The van der Waals surface area contributed by atoms with Crippen molar-refractivity contribution in [3.8, 4) is 5.75 Å². The number of nitrogens with one attached hydrogen (secondary N) is 2. The second kappa shape index (κ2) is 6.10. The Bertz CT molecular complexity index is 697. The summed E-state index contributed by atoms with van der Waals surface area (Å²) < 4.78 is 5.69. The first-order chi connectivity index (χ1) is 10.6. The van der Waals surface area contributed by atoms with Gasteiger partial charge in [0, 0.05) is 5.69 Å². The summed E-state index contributed by atoms with van der Waals surface area (Å²) in [6.07, 6.45) is 0.788. The molecule has 2 aromatic carbocycles. The lowest BCUT2D eigenvalue weighted by molar-refractivity contribution is 0.222. The third kappa shape index (κ3) is 3.06. The highest BCUT2D eigenvalue weighted by atomic mass is 16.5. The van der Waals surface area contributed by atoms with Gasteiger partial charge in [-0.15, -0.1) is 0 Å². The van der Waals surface area contributed by atoms with Crippen molar-refractivity contribution in [2.45, 2.75) is 26.3 Å². The zero-order valence-electron chi connectivity index (χ0n) is 12.8. The normalized spacial score (nSPS) is 16.4. The van der Waals surface area contributed by atoms with Gasteiger partial charge in [0.1, 0.15) is 12.4 Å². The molecule has 0 saturated heterocycles. The van der Waals surface area contributed by atoms with Crippen LogP contribution in [0.4, 0.5) is 10.5 Å². The van der Waals surface area contributed by atoms with Crippen LogP contribution in [0.15, 0.2) is 42.5 Å². The number of amides is 2. The molecule has 4 nitrogen and oxygen atoms in total. The Kier molecular flexibility index (Phi) is 4.00. The topological polar surface area (TPSA) is 50.4 Å². The number of ether oxygens (including phenoxy) is 1. The summed E-state index contributed by atoms with van der Waals surface area (Å²) in [4.78, 5) is 12.2. The van der Waals surface area contributed by atoms with Crippen molar-refractivity contribution >= 4 is 11.7 Å². The van der Waals surface area contributed by atoms with Crippen LogP contribution in [0, 0.1) is 13.8 Å². The first-order valence-corrected chi connectivity index (χ1v) is 7.48. The first-order valence-electron chi connectivity index (χ1n) is 7.48. The maximum Gasteiger partial charge on any atom is 0.319 e. The van der Waals surface area contributed by atoms with Gasteiger partial charge in [0.25, 0.3) is 0 Å². The molecule has 0 aromatic heterocycles. The van der Waals surface area contributed by atoms with E-state index in [1.807, 2.05) is 56.3 Å². The largest absolute Gasteiger partial charge is 0.491 e. The highest BCUT2D eigenvalue weighted by Crippen LogP contribution is 2.24. The van der Waals surface area contributed by atoms with E-state index in [9.17, 15) is 4.79 Å². The lowest BCUT2D eigenvalue weighted by atomic mass is 10.0. The Morgan fingerprint density at radius 3 is 2.82 bits per heavy atom. The van der Waals surface area contributed by atoms with Crippen LogP contribution in [0.5, 0.6) is 5.75 Å². The van der Waals surface area contributed by atoms with Crippen molar-refractivity contribution in [1.29, 1.82) is 0 Å². The van der Waals surface area contributed by atoms with Gasteiger partial charge in [-0.25, -0.2) is 4.79 Å². The molecule has 1 unspecified atom stereocenters. The highest BCUT2D eigenvalue weighted by molar-refractivity contribution is 5.90. The van der Waals surface area contributed by atoms with Crippen molar-refractivity contribution in [3.63, 3.8) is 0 Å². The number of hydrogen-bond acceptors (Lipinski definition) is 2. The van der Waals surface area contributed by atoms with Crippen molar-refractivity contribution in [2.24, 2.45) is 0 Å². The van der Waals surface area contributed by atoms with Gasteiger partial charge in [-0.05, 0) is 49.1 Å². The number of benzene rings is 2. The summed E-state index contributed by atoms with van der Waals surface area (Å²) in [5.41, 5.74) is 4.22. The van der Waals surface area contributed by atoms with Crippen LogP contribution in [0.1, 0.15) is 16.7 Å². The van der Waals surface area contributed by atoms with E-state index in [0.29, 0.717) is 6.61 Å². The molecule has 0 radical (unpaired) electrons. The SMILES string of the molecule is Cc1cccc(NC(=O)NC2COc3ccccc3C2)c1C. The van der Waals surface area contributed by atoms with Crippen molar-refractivity contribution in [1.82, 2.24) is 5.32 Å². The minimum absolute atomic E-state index is 0.0139. The molecule has 1 aliphatic rings. The molecule has 2 N–H and O–H groups in total. The monoisotopic (exact) mass is 296 g/mol. The number of fused-ring (bicyclic) bond motifs is 1. The van der Waals surface area contributed by atoms with Gasteiger partial charge in [0.05, 0.1) is 6.04 Å². The molecular weight excluding hydrogens is 276 g/mol. The number of anilines is 1. The molecule has 22 heavy (non-hydrogen) atoms. The van der Waals surface area contributed by atoms with Crippen LogP contribution in [0.3, 0.4) is 0 Å². The van der Waals surface area contributed by atoms with E-state index in [-0.39, 0.29) is 12.1 Å². The van der Waals surface area contributed by atoms with Crippen molar-refractivity contribution in [3.05, 3.63) is 59.2 Å². The number of hydrogen-bond donors (Lipinski definition) is 2. The minimum Gasteiger partial charge on any atom is -0.491 e. The smallest absolute Gasteiger partial charge is 0.319 e. The van der Waals surface area contributed by atoms with E-state index >= 15 is 0 Å². The molecule has 1 aliphatic heterocycles. The highest BCUT2D eigenvalue weighted by Gasteiger charge is 2.21. The fourth-order valence-corrected chi connectivity index (χ4v) is 2.65. The van der Waals surface area contributed by atoms with Gasteiger partial charge >= 0.3 is 6.03 Å². The van der Waals surface area contributed by atoms with Gasteiger partial charge in [0.15, 0.2) is 0 Å². The average Bonchev–Trinajstić information content (AvgIpc) is 2.52. The molecule has 0 fully saturated rings. The lowest BCUT2D eigenvalue weighted by Crippen LogP contribution is -2.44. The van der Waals surface area contributed by atoms with E-state index in [0.717, 1.165) is 34.5 Å². The maximum absolute atomic E-state index is 12.2. The third-order valence-corrected chi connectivity index (χ3v) is 4.07. The standard InChI is InChI=1S/C18H20N2O2/c1-12-6-5-8-16(13(12)2)20-18(21)19-15-10-14-7-3-4-9-17(14)22-11-15/h3-9,15H,10-11H2,1-2H3,(H2,19,20,21). The van der Waals surface area contributed by atoms with E-state index in [1.54, 1.807) is 0 Å². The number of para-hydroxylation sites is 1. The molecular formula is C18H20N2O2. The Morgan fingerprint density at radius 2 is 1.95 bits per heavy atom. The van der Waals surface area contributed by atoms with Crippen molar-refractivity contribution in [2.75, 3.05) is 11.9 Å². The van der Waals surface area contributed by atoms with Gasteiger partial charge in [-0.1, -0.05) is 30.3 Å². The van der Waals surface area contributed by atoms with E-state index < -0.39 is 0 Å². The summed E-state index contributed by atoms with van der Waals surface area (Å²) in [6.45, 7) is 4.53. The van der Waals surface area contributed by atoms with Crippen LogP contribution >= 0.6 is 0 Å². The molecule has 0 saturated carbocycles. The Labute approximate surface area is 130 Å². The molecule has 0 spiro atoms. The van der Waals surface area contributed by atoms with Gasteiger partial charge in [-0.2, -0.15) is 0 Å². The number of urea groups is 1. The minimum atomic E-state index is -0.193. The number of rotatable bonds is 2. The molecule has 3 rings (SSSR count). The second-order valence-corrected chi connectivity index (χ2v) is 5.67. The molecule has 4 heteroatoms. The van der Waals surface area contributed by atoms with Crippen LogP contribution in [-0.4, -0.2) is 18.7 Å². The lowest BCUT2D eigenvalue weighted by Gasteiger charge is -2.26. The average molecular weight is 296 g/mol. The van der Waals surface area contributed by atoms with E-state index in [2.05, 4.69) is 10.6 Å². The molecule has 2 amide bonds. The molecule has 0 aliphatic carbocycles. The van der Waals surface area contributed by atoms with E-state index in [1.165, 1.54) is 0 Å². The number of carbonyl (C=O) groups excluding carboxylic acids is 1. The van der Waals surface area contributed by atoms with Crippen LogP contribution in [0.25, 0.3) is 0 Å². The summed E-state index contributed by atoms with van der Waals surface area (Å²) >= 11 is 0. The fraction of sp³-hybridized carbons (Fsp3) is 0.278. The van der Waals surface area contributed by atoms with Crippen LogP contribution in [-0.2, 0) is 6.42 Å². The zero-order valence-corrected chi connectivity index (χ0v) is 12.8. The molecule has 1 heterocycles. The Hall–Kier alpha value is -2.49. The van der Waals surface area contributed by atoms with Gasteiger partial charge < -0.3 is 15.4 Å². The predicted molar refractivity (Wildman–Crippen MR) is 87.5 cm³/mol. The predicted octanol–water partition coefficient (Wildman–Crippen LogP) is 3.43. The van der Waals surface area contributed by atoms with Crippen LogP contribution in [0.2, 0.25) is 0 Å². The molecule has 2 aromatic rings. The maximum atomic E-state index is 12.2. The summed E-state index contributed by atoms with van der Waals surface area (Å²) in [6, 6.07) is 13.6.